The third kappa shape index (κ3) is 27.7. The van der Waals surface area contributed by atoms with Gasteiger partial charge in [0.15, 0.2) is 13.1 Å². The van der Waals surface area contributed by atoms with E-state index in [1.165, 1.54) is 89.9 Å². The molecule has 0 unspecified atom stereocenters. The molecule has 0 N–H and O–H groups in total. The summed E-state index contributed by atoms with van der Waals surface area (Å²) in [5.41, 5.74) is 0. The highest BCUT2D eigenvalue weighted by molar-refractivity contribution is 4.72. The van der Waals surface area contributed by atoms with Crippen molar-refractivity contribution in [2.45, 2.75) is 155 Å². The van der Waals surface area contributed by atoms with Crippen molar-refractivity contribution in [3.63, 3.8) is 0 Å². The molecule has 0 radical (unpaired) electrons. The molecule has 0 aromatic rings. The van der Waals surface area contributed by atoms with E-state index < -0.39 is 0 Å². The highest BCUT2D eigenvalue weighted by atomic mass is 16.7. The zero-order valence-electron chi connectivity index (χ0n) is 23.3. The minimum atomic E-state index is -0.0349. The average Bonchev–Trinajstić information content (AvgIpc) is 2.85. The summed E-state index contributed by atoms with van der Waals surface area (Å²) in [6, 6.07) is 0. The molecule has 0 aliphatic carbocycles. The van der Waals surface area contributed by atoms with Gasteiger partial charge < -0.3 is 18.9 Å². The second-order valence-electron chi connectivity index (χ2n) is 9.55. The maximum absolute atomic E-state index is 6.15. The highest BCUT2D eigenvalue weighted by Gasteiger charge is 2.09. The topological polar surface area (TPSA) is 36.9 Å². The molecule has 4 nitrogen and oxygen atoms in total. The summed E-state index contributed by atoms with van der Waals surface area (Å²) in [4.78, 5) is 0. The fraction of sp³-hybridized carbons (Fsp3) is 0.933. The summed E-state index contributed by atoms with van der Waals surface area (Å²) < 4.78 is 22.7. The van der Waals surface area contributed by atoms with Crippen LogP contribution in [0.1, 0.15) is 149 Å². The first-order valence-corrected chi connectivity index (χ1v) is 14.9. The molecule has 0 fully saturated rings. The lowest BCUT2D eigenvalue weighted by Gasteiger charge is -2.19. The molecule has 0 atom stereocenters. The largest absolute Gasteiger partial charge is 0.475 e. The van der Waals surface area contributed by atoms with E-state index in [4.69, 9.17) is 18.9 Å². The Kier molecular flexibility index (Phi) is 29.9. The lowest BCUT2D eigenvalue weighted by atomic mass is 10.1. The lowest BCUT2D eigenvalue weighted by Crippen LogP contribution is -2.19. The van der Waals surface area contributed by atoms with Gasteiger partial charge in [-0.25, -0.2) is 0 Å². The number of unbranched alkanes of at least 4 members (excludes halogenated alkanes) is 16. The van der Waals surface area contributed by atoms with Crippen molar-refractivity contribution < 1.29 is 18.9 Å². The van der Waals surface area contributed by atoms with Crippen molar-refractivity contribution in [2.75, 3.05) is 26.6 Å². The molecular weight excluding hydrogens is 424 g/mol. The van der Waals surface area contributed by atoms with Crippen LogP contribution in [-0.2, 0) is 18.9 Å². The third-order valence-electron chi connectivity index (χ3n) is 6.21. The van der Waals surface area contributed by atoms with Gasteiger partial charge in [0.2, 0.25) is 0 Å². The van der Waals surface area contributed by atoms with Crippen LogP contribution in [0.15, 0.2) is 12.3 Å². The second-order valence-corrected chi connectivity index (χ2v) is 9.55. The van der Waals surface area contributed by atoms with Gasteiger partial charge in [0, 0.05) is 19.8 Å². The summed E-state index contributed by atoms with van der Waals surface area (Å²) in [6.45, 7) is 9.22. The Morgan fingerprint density at radius 1 is 0.559 bits per heavy atom. The summed E-state index contributed by atoms with van der Waals surface area (Å²) >= 11 is 0. The van der Waals surface area contributed by atoms with E-state index in [0.717, 1.165) is 51.7 Å². The van der Waals surface area contributed by atoms with Crippen LogP contribution in [0.4, 0.5) is 0 Å². The van der Waals surface area contributed by atoms with Gasteiger partial charge in [0.05, 0.1) is 6.26 Å². The zero-order chi connectivity index (χ0) is 24.8. The van der Waals surface area contributed by atoms with Gasteiger partial charge in [0.1, 0.15) is 0 Å². The predicted octanol–water partition coefficient (Wildman–Crippen LogP) is 9.71. The fourth-order valence-electron chi connectivity index (χ4n) is 4.00. The molecule has 0 aliphatic rings. The van der Waals surface area contributed by atoms with Gasteiger partial charge in [-0.2, -0.15) is 0 Å². The molecule has 34 heavy (non-hydrogen) atoms. The summed E-state index contributed by atoms with van der Waals surface area (Å²) in [6.07, 6.45) is 29.4. The number of ether oxygens (including phenoxy) is 4. The molecule has 0 aliphatic heterocycles. The van der Waals surface area contributed by atoms with Crippen molar-refractivity contribution in [1.29, 1.82) is 0 Å². The first kappa shape index (κ1) is 33.4. The minimum absolute atomic E-state index is 0.0349. The van der Waals surface area contributed by atoms with Crippen molar-refractivity contribution in [3.8, 4) is 0 Å². The van der Waals surface area contributed by atoms with E-state index in [-0.39, 0.29) is 6.29 Å². The van der Waals surface area contributed by atoms with Crippen LogP contribution in [-0.4, -0.2) is 32.9 Å². The Bertz CT molecular complexity index is 364. The molecule has 0 bridgehead atoms. The quantitative estimate of drug-likeness (QED) is 0.0601. The summed E-state index contributed by atoms with van der Waals surface area (Å²) in [5, 5.41) is 0. The molecule has 0 saturated heterocycles. The first-order chi connectivity index (χ1) is 16.8. The normalized spacial score (nSPS) is 11.8. The van der Waals surface area contributed by atoms with Gasteiger partial charge in [-0.1, -0.05) is 104 Å². The monoisotopic (exact) mass is 484 g/mol. The molecule has 204 valence electrons. The molecule has 0 saturated carbocycles. The Balaban J connectivity index is 3.91. The number of hydrogen-bond acceptors (Lipinski definition) is 4. The van der Waals surface area contributed by atoms with Gasteiger partial charge in [0.25, 0.3) is 0 Å². The van der Waals surface area contributed by atoms with Crippen molar-refractivity contribution in [2.24, 2.45) is 0 Å². The van der Waals surface area contributed by atoms with Crippen molar-refractivity contribution in [1.82, 2.24) is 0 Å². The Labute approximate surface area is 213 Å². The zero-order valence-corrected chi connectivity index (χ0v) is 23.3. The molecule has 0 amide bonds. The Morgan fingerprint density at radius 3 is 1.56 bits per heavy atom. The molecule has 0 aromatic carbocycles. The lowest BCUT2D eigenvalue weighted by molar-refractivity contribution is -0.148. The average molecular weight is 485 g/mol. The Hall–Kier alpha value is -0.580. The van der Waals surface area contributed by atoms with E-state index in [9.17, 15) is 0 Å². The van der Waals surface area contributed by atoms with Crippen LogP contribution in [0.25, 0.3) is 0 Å². The van der Waals surface area contributed by atoms with Crippen LogP contribution >= 0.6 is 0 Å². The van der Waals surface area contributed by atoms with Crippen molar-refractivity contribution in [3.05, 3.63) is 12.3 Å². The number of hydrogen-bond donors (Lipinski definition) is 0. The van der Waals surface area contributed by atoms with Gasteiger partial charge in [-0.3, -0.25) is 0 Å². The standard InChI is InChI=1S/C30H60O4/c1-4-7-9-11-13-15-18-23-27-33-30(25-21-17-20-22-26-32-29-31-6-3)34-28-24-19-16-14-12-10-8-5-2/h22,26,30H,4-21,23-25,27-29H2,1-3H3. The van der Waals surface area contributed by atoms with Crippen molar-refractivity contribution >= 4 is 0 Å². The predicted molar refractivity (Wildman–Crippen MR) is 146 cm³/mol. The van der Waals surface area contributed by atoms with Gasteiger partial charge >= 0.3 is 0 Å². The van der Waals surface area contributed by atoms with Crippen LogP contribution in [0.3, 0.4) is 0 Å². The van der Waals surface area contributed by atoms with E-state index >= 15 is 0 Å². The van der Waals surface area contributed by atoms with E-state index in [1.54, 1.807) is 6.26 Å². The van der Waals surface area contributed by atoms with E-state index in [2.05, 4.69) is 19.9 Å². The first-order valence-electron chi connectivity index (χ1n) is 14.9. The van der Waals surface area contributed by atoms with Crippen LogP contribution in [0.5, 0.6) is 0 Å². The van der Waals surface area contributed by atoms with E-state index in [0.29, 0.717) is 13.4 Å². The van der Waals surface area contributed by atoms with Gasteiger partial charge in [-0.15, -0.1) is 0 Å². The smallest absolute Gasteiger partial charge is 0.188 e. The summed E-state index contributed by atoms with van der Waals surface area (Å²) in [7, 11) is 0. The van der Waals surface area contributed by atoms with Crippen LogP contribution < -0.4 is 0 Å². The maximum Gasteiger partial charge on any atom is 0.188 e. The van der Waals surface area contributed by atoms with Crippen LogP contribution in [0, 0.1) is 0 Å². The third-order valence-corrected chi connectivity index (χ3v) is 6.21. The molecule has 0 heterocycles. The molecule has 4 heteroatoms. The summed E-state index contributed by atoms with van der Waals surface area (Å²) in [5.74, 6) is 0. The fourth-order valence-corrected chi connectivity index (χ4v) is 4.00. The molecular formula is C30H60O4. The molecule has 0 rings (SSSR count). The number of allylic oxidation sites excluding steroid dienone is 1. The number of rotatable bonds is 29. The van der Waals surface area contributed by atoms with Crippen LogP contribution in [0.2, 0.25) is 0 Å². The maximum atomic E-state index is 6.15. The highest BCUT2D eigenvalue weighted by Crippen LogP contribution is 2.14. The van der Waals surface area contributed by atoms with E-state index in [1.807, 2.05) is 6.92 Å². The second kappa shape index (κ2) is 30.5. The Morgan fingerprint density at radius 2 is 1.06 bits per heavy atom. The van der Waals surface area contributed by atoms with Gasteiger partial charge in [-0.05, 0) is 51.5 Å². The minimum Gasteiger partial charge on any atom is -0.475 e. The molecule has 0 spiro atoms. The molecule has 0 aromatic heterocycles. The SMILES string of the molecule is CCCCCCCCCCOC(CCCCC=COCOCC)OCCCCCCCCCC.